The van der Waals surface area contributed by atoms with Gasteiger partial charge in [0.15, 0.2) is 16.6 Å². The molecule has 0 saturated carbocycles. The molecule has 2 aliphatic heterocycles. The van der Waals surface area contributed by atoms with Gasteiger partial charge in [-0.15, -0.1) is 0 Å². The summed E-state index contributed by atoms with van der Waals surface area (Å²) < 4.78 is 31.9. The van der Waals surface area contributed by atoms with Crippen molar-refractivity contribution in [2.45, 2.75) is 45.8 Å². The molecule has 6 rings (SSSR count). The number of Topliss-reactive ketones (excluding diaryl/α,β-unsaturated/α-hetero) is 1. The van der Waals surface area contributed by atoms with Gasteiger partial charge in [0.25, 0.3) is 5.78 Å². The highest BCUT2D eigenvalue weighted by Crippen LogP contribution is 2.46. The minimum Gasteiger partial charge on any atom is -0.507 e. The monoisotopic (exact) mass is 602 g/mol. The molecule has 1 saturated heterocycles. The van der Waals surface area contributed by atoms with Crippen LogP contribution >= 0.6 is 11.3 Å². The van der Waals surface area contributed by atoms with Crippen LogP contribution in [0.3, 0.4) is 0 Å². The second kappa shape index (κ2) is 11.3. The largest absolute Gasteiger partial charge is 0.507 e. The summed E-state index contributed by atoms with van der Waals surface area (Å²) in [4.78, 5) is 33.2. The maximum Gasteiger partial charge on any atom is 0.301 e. The fraction of sp³-hybridized carbons (Fsp3) is 0.303. The fourth-order valence-electron chi connectivity index (χ4n) is 5.44. The summed E-state index contributed by atoms with van der Waals surface area (Å²) in [6.45, 7) is 6.67. The van der Waals surface area contributed by atoms with E-state index in [1.165, 1.54) is 30.2 Å². The summed E-state index contributed by atoms with van der Waals surface area (Å²) in [5.74, 6) is -0.323. The molecule has 0 aliphatic carbocycles. The molecule has 0 radical (unpaired) electrons. The van der Waals surface area contributed by atoms with Gasteiger partial charge in [-0.05, 0) is 78.9 Å². The lowest BCUT2D eigenvalue weighted by Gasteiger charge is -2.24. The van der Waals surface area contributed by atoms with E-state index in [9.17, 15) is 19.1 Å². The van der Waals surface area contributed by atoms with Crippen molar-refractivity contribution in [1.29, 1.82) is 0 Å². The molecule has 10 heteroatoms. The van der Waals surface area contributed by atoms with Gasteiger partial charge in [-0.2, -0.15) is 0 Å². The van der Waals surface area contributed by atoms with E-state index >= 15 is 0 Å². The van der Waals surface area contributed by atoms with Crippen LogP contribution in [0, 0.1) is 11.7 Å². The van der Waals surface area contributed by atoms with Crippen molar-refractivity contribution in [3.63, 3.8) is 0 Å². The van der Waals surface area contributed by atoms with Crippen LogP contribution in [0.4, 0.5) is 9.52 Å². The number of anilines is 1. The number of halogens is 1. The SMILES string of the molecule is COc1cc([C@@H]2C(=C(O)c3ccc4c(c3)C[C@@H](C)O4)C(=O)C(=O)N2c2nc3ccc(F)cc3s2)ccc1OCCC(C)C. The summed E-state index contributed by atoms with van der Waals surface area (Å²) in [5, 5.41) is 11.9. The van der Waals surface area contributed by atoms with Gasteiger partial charge in [-0.25, -0.2) is 9.37 Å². The number of hydrogen-bond donors (Lipinski definition) is 1. The van der Waals surface area contributed by atoms with Gasteiger partial charge in [0.05, 0.1) is 35.5 Å². The maximum atomic E-state index is 14.0. The van der Waals surface area contributed by atoms with E-state index in [1.807, 2.05) is 6.92 Å². The highest BCUT2D eigenvalue weighted by molar-refractivity contribution is 7.22. The molecule has 1 fully saturated rings. The molecule has 2 atom stereocenters. The molecular weight excluding hydrogens is 571 g/mol. The summed E-state index contributed by atoms with van der Waals surface area (Å²) in [7, 11) is 1.51. The number of aromatic nitrogens is 1. The fourth-order valence-corrected chi connectivity index (χ4v) is 6.45. The number of ketones is 1. The zero-order chi connectivity index (χ0) is 30.4. The van der Waals surface area contributed by atoms with Crippen LogP contribution < -0.4 is 19.1 Å². The molecule has 43 heavy (non-hydrogen) atoms. The number of aliphatic hydroxyl groups excluding tert-OH is 1. The van der Waals surface area contributed by atoms with Gasteiger partial charge in [-0.3, -0.25) is 14.5 Å². The lowest BCUT2D eigenvalue weighted by Crippen LogP contribution is -2.29. The molecular formula is C33H31FN2O6S. The van der Waals surface area contributed by atoms with Gasteiger partial charge in [-0.1, -0.05) is 31.3 Å². The number of rotatable bonds is 8. The second-order valence-electron chi connectivity index (χ2n) is 11.2. The van der Waals surface area contributed by atoms with E-state index < -0.39 is 23.5 Å². The molecule has 0 bridgehead atoms. The number of thiazole rings is 1. The van der Waals surface area contributed by atoms with Gasteiger partial charge in [0, 0.05) is 12.0 Å². The molecule has 1 aromatic heterocycles. The number of amides is 1. The first kappa shape index (κ1) is 28.7. The minimum absolute atomic E-state index is 0.00409. The van der Waals surface area contributed by atoms with E-state index in [0.717, 1.165) is 29.1 Å². The van der Waals surface area contributed by atoms with Crippen LogP contribution in [0.25, 0.3) is 16.0 Å². The van der Waals surface area contributed by atoms with Crippen molar-refractivity contribution in [2.75, 3.05) is 18.6 Å². The van der Waals surface area contributed by atoms with Crippen molar-refractivity contribution in [3.8, 4) is 17.2 Å². The van der Waals surface area contributed by atoms with E-state index in [0.29, 0.717) is 51.8 Å². The number of ether oxygens (including phenoxy) is 3. The van der Waals surface area contributed by atoms with Crippen LogP contribution in [-0.4, -0.2) is 41.6 Å². The zero-order valence-corrected chi connectivity index (χ0v) is 25.0. The Kier molecular flexibility index (Phi) is 7.56. The van der Waals surface area contributed by atoms with Crippen LogP contribution in [0.1, 0.15) is 49.9 Å². The summed E-state index contributed by atoms with van der Waals surface area (Å²) in [5.41, 5.74) is 2.21. The van der Waals surface area contributed by atoms with Crippen molar-refractivity contribution >= 4 is 44.1 Å². The van der Waals surface area contributed by atoms with Gasteiger partial charge < -0.3 is 19.3 Å². The van der Waals surface area contributed by atoms with Crippen molar-refractivity contribution in [3.05, 3.63) is 82.7 Å². The third kappa shape index (κ3) is 5.31. The zero-order valence-electron chi connectivity index (χ0n) is 24.2. The Morgan fingerprint density at radius 3 is 2.72 bits per heavy atom. The smallest absolute Gasteiger partial charge is 0.301 e. The van der Waals surface area contributed by atoms with E-state index in [2.05, 4.69) is 18.8 Å². The Morgan fingerprint density at radius 1 is 1.14 bits per heavy atom. The number of fused-ring (bicyclic) bond motifs is 2. The van der Waals surface area contributed by atoms with E-state index in [1.54, 1.807) is 36.4 Å². The Balaban J connectivity index is 1.49. The Bertz CT molecular complexity index is 1780. The molecule has 0 unspecified atom stereocenters. The Labute approximate surface area is 252 Å². The predicted molar refractivity (Wildman–Crippen MR) is 163 cm³/mol. The summed E-state index contributed by atoms with van der Waals surface area (Å²) in [6, 6.07) is 13.5. The van der Waals surface area contributed by atoms with Crippen molar-refractivity contribution in [2.24, 2.45) is 5.92 Å². The number of hydrogen-bond acceptors (Lipinski definition) is 8. The molecule has 1 amide bonds. The van der Waals surface area contributed by atoms with Crippen molar-refractivity contribution in [1.82, 2.24) is 4.98 Å². The molecule has 3 heterocycles. The van der Waals surface area contributed by atoms with Gasteiger partial charge >= 0.3 is 5.91 Å². The number of benzene rings is 3. The third-order valence-electron chi connectivity index (χ3n) is 7.62. The highest BCUT2D eigenvalue weighted by atomic mass is 32.1. The van der Waals surface area contributed by atoms with Crippen LogP contribution in [0.15, 0.2) is 60.2 Å². The lowest BCUT2D eigenvalue weighted by atomic mass is 9.94. The average molecular weight is 603 g/mol. The number of aliphatic hydroxyl groups is 1. The molecule has 3 aromatic carbocycles. The maximum absolute atomic E-state index is 14.0. The van der Waals surface area contributed by atoms with Gasteiger partial charge in [0.1, 0.15) is 23.4 Å². The van der Waals surface area contributed by atoms with E-state index in [4.69, 9.17) is 14.2 Å². The van der Waals surface area contributed by atoms with Crippen LogP contribution in [0.5, 0.6) is 17.2 Å². The average Bonchev–Trinajstić information content (AvgIpc) is 3.64. The first-order valence-electron chi connectivity index (χ1n) is 14.1. The number of carbonyl (C=O) groups excluding carboxylic acids is 2. The number of nitrogens with zero attached hydrogens (tertiary/aromatic N) is 2. The van der Waals surface area contributed by atoms with Crippen LogP contribution in [0.2, 0.25) is 0 Å². The Morgan fingerprint density at radius 2 is 1.95 bits per heavy atom. The first-order chi connectivity index (χ1) is 20.6. The quantitative estimate of drug-likeness (QED) is 0.134. The topological polar surface area (TPSA) is 98.2 Å². The Hall–Kier alpha value is -4.44. The normalized spacial score (nSPS) is 19.3. The lowest BCUT2D eigenvalue weighted by molar-refractivity contribution is -0.132. The van der Waals surface area contributed by atoms with Crippen LogP contribution in [-0.2, 0) is 16.0 Å². The minimum atomic E-state index is -1.03. The van der Waals surface area contributed by atoms with Gasteiger partial charge in [0.2, 0.25) is 0 Å². The standard InChI is InChI=1S/C33H31FN2O6S/c1-17(2)11-12-41-25-10-5-19(15-26(25)40-4)29-28(30(37)20-6-9-24-21(14-20)13-18(3)42-24)31(38)32(39)36(29)33-35-23-8-7-22(34)16-27(23)43-33/h5-10,14-18,29,37H,11-13H2,1-4H3/t18-,29-/m1/s1. The molecule has 4 aromatic rings. The van der Waals surface area contributed by atoms with E-state index in [-0.39, 0.29) is 22.6 Å². The number of carbonyl (C=O) groups is 2. The molecule has 2 aliphatic rings. The number of methoxy groups -OCH3 is 1. The first-order valence-corrected chi connectivity index (χ1v) is 14.9. The predicted octanol–water partition coefficient (Wildman–Crippen LogP) is 6.82. The summed E-state index contributed by atoms with van der Waals surface area (Å²) >= 11 is 1.09. The highest BCUT2D eigenvalue weighted by Gasteiger charge is 2.48. The summed E-state index contributed by atoms with van der Waals surface area (Å²) in [6.07, 6.45) is 1.51. The molecule has 0 spiro atoms. The van der Waals surface area contributed by atoms with Crippen molar-refractivity contribution < 1.29 is 33.3 Å². The molecule has 222 valence electrons. The third-order valence-corrected chi connectivity index (χ3v) is 8.63. The second-order valence-corrected chi connectivity index (χ2v) is 12.2. The molecule has 8 nitrogen and oxygen atoms in total. The molecule has 1 N–H and O–H groups in total.